The Bertz CT molecular complexity index is 911. The number of benzene rings is 1. The van der Waals surface area contributed by atoms with Crippen molar-refractivity contribution in [2.45, 2.75) is 39.0 Å². The van der Waals surface area contributed by atoms with Crippen LogP contribution in [0.4, 0.5) is 5.69 Å². The highest BCUT2D eigenvalue weighted by molar-refractivity contribution is 7.13. The molecule has 1 N–H and O–H groups in total. The van der Waals surface area contributed by atoms with Crippen LogP contribution in [0.25, 0.3) is 0 Å². The molecule has 1 fully saturated rings. The Morgan fingerprint density at radius 1 is 1.10 bits per heavy atom. The Labute approximate surface area is 175 Å². The lowest BCUT2D eigenvalue weighted by atomic mass is 9.98. The largest absolute Gasteiger partial charge is 0.493 e. The van der Waals surface area contributed by atoms with Crippen LogP contribution in [-0.4, -0.2) is 49.0 Å². The molecule has 3 rings (SSSR count). The standard InChI is InChI=1S/C21H27N3O4S/c1-21(2,3)20-22-12-17(29-20)18(25)23-14-11-16(28-5)15(27-4)10-13(14)19(26)24-8-6-7-9-24/h10-12H,6-9H2,1-5H3,(H,23,25). The lowest BCUT2D eigenvalue weighted by Crippen LogP contribution is -2.29. The number of hydrogen-bond acceptors (Lipinski definition) is 6. The maximum absolute atomic E-state index is 13.1. The van der Waals surface area contributed by atoms with Gasteiger partial charge in [0.2, 0.25) is 0 Å². The summed E-state index contributed by atoms with van der Waals surface area (Å²) in [6.07, 6.45) is 3.54. The number of aromatic nitrogens is 1. The van der Waals surface area contributed by atoms with Gasteiger partial charge in [-0.2, -0.15) is 0 Å². The number of anilines is 1. The molecule has 1 aromatic carbocycles. The van der Waals surface area contributed by atoms with E-state index in [0.29, 0.717) is 40.7 Å². The number of nitrogens with zero attached hydrogens (tertiary/aromatic N) is 2. The van der Waals surface area contributed by atoms with Crippen molar-refractivity contribution >= 4 is 28.8 Å². The van der Waals surface area contributed by atoms with Gasteiger partial charge in [-0.25, -0.2) is 4.98 Å². The maximum atomic E-state index is 13.1. The highest BCUT2D eigenvalue weighted by atomic mass is 32.1. The van der Waals surface area contributed by atoms with Crippen LogP contribution in [0.3, 0.4) is 0 Å². The van der Waals surface area contributed by atoms with Gasteiger partial charge in [0.05, 0.1) is 36.7 Å². The molecule has 156 valence electrons. The fourth-order valence-electron chi connectivity index (χ4n) is 3.16. The molecule has 1 aliphatic rings. The molecule has 0 unspecified atom stereocenters. The topological polar surface area (TPSA) is 80.8 Å². The molecular formula is C21H27N3O4S. The first-order valence-corrected chi connectivity index (χ1v) is 10.4. The van der Waals surface area contributed by atoms with Gasteiger partial charge in [-0.15, -0.1) is 11.3 Å². The molecule has 29 heavy (non-hydrogen) atoms. The number of carbonyl (C=O) groups is 2. The second-order valence-electron chi connectivity index (χ2n) is 7.99. The highest BCUT2D eigenvalue weighted by Crippen LogP contribution is 2.35. The molecule has 0 spiro atoms. The number of methoxy groups -OCH3 is 2. The average Bonchev–Trinajstić information content (AvgIpc) is 3.38. The third-order valence-corrected chi connectivity index (χ3v) is 6.19. The first-order chi connectivity index (χ1) is 13.7. The Hall–Kier alpha value is -2.61. The number of nitrogens with one attached hydrogen (secondary N) is 1. The minimum Gasteiger partial charge on any atom is -0.493 e. The van der Waals surface area contributed by atoms with E-state index in [0.717, 1.165) is 17.8 Å². The van der Waals surface area contributed by atoms with Crippen LogP contribution in [-0.2, 0) is 5.41 Å². The quantitative estimate of drug-likeness (QED) is 0.797. The molecule has 0 saturated carbocycles. The summed E-state index contributed by atoms with van der Waals surface area (Å²) in [5.74, 6) is 0.459. The van der Waals surface area contributed by atoms with Crippen LogP contribution < -0.4 is 14.8 Å². The van der Waals surface area contributed by atoms with Gasteiger partial charge in [-0.3, -0.25) is 9.59 Å². The lowest BCUT2D eigenvalue weighted by molar-refractivity contribution is 0.0793. The molecule has 2 heterocycles. The minimum atomic E-state index is -0.305. The highest BCUT2D eigenvalue weighted by Gasteiger charge is 2.26. The van der Waals surface area contributed by atoms with E-state index in [1.165, 1.54) is 25.6 Å². The fraction of sp³-hybridized carbons (Fsp3) is 0.476. The molecule has 1 aromatic heterocycles. The van der Waals surface area contributed by atoms with E-state index in [-0.39, 0.29) is 17.2 Å². The molecule has 8 heteroatoms. The van der Waals surface area contributed by atoms with E-state index in [4.69, 9.17) is 9.47 Å². The molecule has 2 aromatic rings. The number of likely N-dealkylation sites (tertiary alicyclic amines) is 1. The average molecular weight is 418 g/mol. The summed E-state index contributed by atoms with van der Waals surface area (Å²) in [4.78, 5) is 32.6. The fourth-order valence-corrected chi connectivity index (χ4v) is 4.03. The predicted molar refractivity (Wildman–Crippen MR) is 113 cm³/mol. The third-order valence-electron chi connectivity index (χ3n) is 4.77. The second kappa shape index (κ2) is 8.41. The number of carbonyl (C=O) groups excluding carboxylic acids is 2. The molecule has 0 atom stereocenters. The molecule has 2 amide bonds. The predicted octanol–water partition coefficient (Wildman–Crippen LogP) is 3.95. The van der Waals surface area contributed by atoms with Gasteiger partial charge < -0.3 is 19.7 Å². The Kier molecular flexibility index (Phi) is 6.12. The molecular weight excluding hydrogens is 390 g/mol. The number of ether oxygens (including phenoxy) is 2. The van der Waals surface area contributed by atoms with Gasteiger partial charge in [-0.1, -0.05) is 20.8 Å². The van der Waals surface area contributed by atoms with E-state index in [2.05, 4.69) is 31.1 Å². The van der Waals surface area contributed by atoms with Gasteiger partial charge in [0.25, 0.3) is 11.8 Å². The first-order valence-electron chi connectivity index (χ1n) is 9.57. The normalized spacial score (nSPS) is 14.0. The molecule has 0 bridgehead atoms. The smallest absolute Gasteiger partial charge is 0.267 e. The third kappa shape index (κ3) is 4.53. The Balaban J connectivity index is 1.94. The van der Waals surface area contributed by atoms with Crippen LogP contribution in [0.15, 0.2) is 18.3 Å². The van der Waals surface area contributed by atoms with Crippen molar-refractivity contribution in [3.63, 3.8) is 0 Å². The molecule has 0 aliphatic carbocycles. The molecule has 1 saturated heterocycles. The SMILES string of the molecule is COc1cc(NC(=O)c2cnc(C(C)(C)C)s2)c(C(=O)N2CCCC2)cc1OC. The molecule has 7 nitrogen and oxygen atoms in total. The van der Waals surface area contributed by atoms with Crippen molar-refractivity contribution in [2.24, 2.45) is 0 Å². The van der Waals surface area contributed by atoms with E-state index >= 15 is 0 Å². The van der Waals surface area contributed by atoms with Gasteiger partial charge >= 0.3 is 0 Å². The maximum Gasteiger partial charge on any atom is 0.267 e. The summed E-state index contributed by atoms with van der Waals surface area (Å²) in [6.45, 7) is 7.58. The summed E-state index contributed by atoms with van der Waals surface area (Å²) < 4.78 is 10.7. The monoisotopic (exact) mass is 417 g/mol. The van der Waals surface area contributed by atoms with Gasteiger partial charge in [0.1, 0.15) is 4.88 Å². The van der Waals surface area contributed by atoms with Crippen LogP contribution >= 0.6 is 11.3 Å². The summed E-state index contributed by atoms with van der Waals surface area (Å²) in [7, 11) is 3.04. The summed E-state index contributed by atoms with van der Waals surface area (Å²) in [5.41, 5.74) is 0.650. The molecule has 1 aliphatic heterocycles. The van der Waals surface area contributed by atoms with Crippen molar-refractivity contribution in [3.05, 3.63) is 33.8 Å². The minimum absolute atomic E-state index is 0.126. The first kappa shape index (κ1) is 21.1. The van der Waals surface area contributed by atoms with E-state index in [9.17, 15) is 9.59 Å². The van der Waals surface area contributed by atoms with Gasteiger partial charge in [0.15, 0.2) is 11.5 Å². The Morgan fingerprint density at radius 3 is 2.28 bits per heavy atom. The second-order valence-corrected chi connectivity index (χ2v) is 9.02. The number of hydrogen-bond donors (Lipinski definition) is 1. The molecule has 0 radical (unpaired) electrons. The summed E-state index contributed by atoms with van der Waals surface area (Å²) in [6, 6.07) is 3.26. The number of amides is 2. The van der Waals surface area contributed by atoms with E-state index < -0.39 is 0 Å². The van der Waals surface area contributed by atoms with Crippen LogP contribution in [0.5, 0.6) is 11.5 Å². The van der Waals surface area contributed by atoms with Crippen molar-refractivity contribution in [1.82, 2.24) is 9.88 Å². The Morgan fingerprint density at radius 2 is 1.72 bits per heavy atom. The number of rotatable bonds is 5. The van der Waals surface area contributed by atoms with Crippen LogP contribution in [0.2, 0.25) is 0 Å². The van der Waals surface area contributed by atoms with Crippen molar-refractivity contribution < 1.29 is 19.1 Å². The van der Waals surface area contributed by atoms with Gasteiger partial charge in [-0.05, 0) is 18.9 Å². The van der Waals surface area contributed by atoms with E-state index in [1.54, 1.807) is 23.2 Å². The summed E-state index contributed by atoms with van der Waals surface area (Å²) >= 11 is 1.35. The zero-order valence-corrected chi connectivity index (χ0v) is 18.3. The van der Waals surface area contributed by atoms with Crippen molar-refractivity contribution in [1.29, 1.82) is 0 Å². The van der Waals surface area contributed by atoms with Crippen molar-refractivity contribution in [3.8, 4) is 11.5 Å². The lowest BCUT2D eigenvalue weighted by Gasteiger charge is -2.20. The zero-order chi connectivity index (χ0) is 21.2. The van der Waals surface area contributed by atoms with Gasteiger partial charge in [0, 0.05) is 24.6 Å². The number of thiazole rings is 1. The van der Waals surface area contributed by atoms with E-state index in [1.807, 2.05) is 0 Å². The van der Waals surface area contributed by atoms with Crippen LogP contribution in [0.1, 0.15) is 58.7 Å². The van der Waals surface area contributed by atoms with Crippen LogP contribution in [0, 0.1) is 0 Å². The van der Waals surface area contributed by atoms with Crippen molar-refractivity contribution in [2.75, 3.05) is 32.6 Å². The summed E-state index contributed by atoms with van der Waals surface area (Å²) in [5, 5.41) is 3.75. The zero-order valence-electron chi connectivity index (χ0n) is 17.5.